The first kappa shape index (κ1) is 21.4. The van der Waals surface area contributed by atoms with Crippen molar-refractivity contribution in [3.8, 4) is 17.4 Å². The smallest absolute Gasteiger partial charge is 0.241 e. The van der Waals surface area contributed by atoms with Gasteiger partial charge in [0.2, 0.25) is 17.7 Å². The topological polar surface area (TPSA) is 97.8 Å². The van der Waals surface area contributed by atoms with Gasteiger partial charge in [-0.1, -0.05) is 0 Å². The first-order chi connectivity index (χ1) is 16.2. The van der Waals surface area contributed by atoms with E-state index in [2.05, 4.69) is 20.5 Å². The van der Waals surface area contributed by atoms with Crippen molar-refractivity contribution in [2.75, 3.05) is 50.2 Å². The third kappa shape index (κ3) is 4.84. The van der Waals surface area contributed by atoms with Crippen molar-refractivity contribution in [2.24, 2.45) is 0 Å². The van der Waals surface area contributed by atoms with Crippen molar-refractivity contribution in [3.63, 3.8) is 0 Å². The Labute approximate surface area is 192 Å². The van der Waals surface area contributed by atoms with Crippen LogP contribution >= 0.6 is 0 Å². The molecule has 2 fully saturated rings. The number of nitrogens with one attached hydrogen (secondary N) is 2. The summed E-state index contributed by atoms with van der Waals surface area (Å²) in [5.74, 6) is 2.46. The fourth-order valence-corrected chi connectivity index (χ4v) is 4.07. The molecule has 2 aromatic carbocycles. The van der Waals surface area contributed by atoms with Crippen LogP contribution in [-0.4, -0.2) is 61.9 Å². The number of nitrogens with zero attached hydrogens (tertiary/aromatic N) is 3. The van der Waals surface area contributed by atoms with Crippen LogP contribution in [0.25, 0.3) is 10.9 Å². The van der Waals surface area contributed by atoms with E-state index in [-0.39, 0.29) is 11.9 Å². The molecule has 0 aliphatic carbocycles. The van der Waals surface area contributed by atoms with E-state index < -0.39 is 0 Å². The molecule has 2 saturated heterocycles. The molecule has 9 nitrogen and oxygen atoms in total. The Balaban J connectivity index is 1.31. The molecule has 3 aromatic rings. The zero-order chi connectivity index (χ0) is 22.6. The third-order valence-corrected chi connectivity index (χ3v) is 5.84. The number of aromatic nitrogens is 2. The summed E-state index contributed by atoms with van der Waals surface area (Å²) in [6, 6.07) is 12.9. The monoisotopic (exact) mass is 449 g/mol. The molecule has 5 rings (SSSR count). The van der Waals surface area contributed by atoms with Gasteiger partial charge in [-0.15, -0.1) is 0 Å². The van der Waals surface area contributed by atoms with E-state index in [4.69, 9.17) is 19.2 Å². The highest BCUT2D eigenvalue weighted by Gasteiger charge is 2.22. The maximum Gasteiger partial charge on any atom is 0.241 e. The number of hydrogen-bond donors (Lipinski definition) is 2. The predicted octanol–water partition coefficient (Wildman–Crippen LogP) is 2.96. The van der Waals surface area contributed by atoms with Crippen molar-refractivity contribution in [3.05, 3.63) is 42.5 Å². The van der Waals surface area contributed by atoms with Crippen molar-refractivity contribution in [2.45, 2.75) is 18.9 Å². The fraction of sp³-hybridized carbons (Fsp3) is 0.375. The Kier molecular flexibility index (Phi) is 6.23. The second-order valence-electron chi connectivity index (χ2n) is 8.08. The predicted molar refractivity (Wildman–Crippen MR) is 125 cm³/mol. The third-order valence-electron chi connectivity index (χ3n) is 5.84. The lowest BCUT2D eigenvalue weighted by molar-refractivity contribution is -0.117. The van der Waals surface area contributed by atoms with Crippen LogP contribution < -0.4 is 25.0 Å². The molecule has 2 aliphatic heterocycles. The van der Waals surface area contributed by atoms with Crippen molar-refractivity contribution in [1.29, 1.82) is 0 Å². The summed E-state index contributed by atoms with van der Waals surface area (Å²) in [7, 11) is 1.60. The van der Waals surface area contributed by atoms with E-state index in [1.807, 2.05) is 42.5 Å². The molecule has 0 radical (unpaired) electrons. The van der Waals surface area contributed by atoms with E-state index in [9.17, 15) is 4.79 Å². The first-order valence-electron chi connectivity index (χ1n) is 11.2. The highest BCUT2D eigenvalue weighted by molar-refractivity contribution is 5.95. The Morgan fingerprint density at radius 3 is 2.64 bits per heavy atom. The summed E-state index contributed by atoms with van der Waals surface area (Å²) in [5.41, 5.74) is 1.53. The molecule has 1 aromatic heterocycles. The van der Waals surface area contributed by atoms with Gasteiger partial charge in [0.05, 0.1) is 37.3 Å². The lowest BCUT2D eigenvalue weighted by Crippen LogP contribution is -2.37. The van der Waals surface area contributed by atoms with Crippen molar-refractivity contribution < 1.29 is 19.0 Å². The number of hydrogen-bond acceptors (Lipinski definition) is 8. The van der Waals surface area contributed by atoms with E-state index in [0.29, 0.717) is 36.5 Å². The van der Waals surface area contributed by atoms with Crippen LogP contribution in [0.3, 0.4) is 0 Å². The molecule has 1 atom stereocenters. The van der Waals surface area contributed by atoms with Gasteiger partial charge in [-0.2, -0.15) is 4.98 Å². The van der Waals surface area contributed by atoms with Crippen LogP contribution in [0.2, 0.25) is 0 Å². The number of benzene rings is 2. The van der Waals surface area contributed by atoms with Gasteiger partial charge < -0.3 is 29.7 Å². The molecule has 0 unspecified atom stereocenters. The van der Waals surface area contributed by atoms with E-state index >= 15 is 0 Å². The second-order valence-corrected chi connectivity index (χ2v) is 8.08. The van der Waals surface area contributed by atoms with Crippen molar-refractivity contribution in [1.82, 2.24) is 15.3 Å². The fourth-order valence-electron chi connectivity index (χ4n) is 4.07. The number of methoxy groups -OCH3 is 1. The van der Waals surface area contributed by atoms with Gasteiger partial charge in [0.25, 0.3) is 0 Å². The van der Waals surface area contributed by atoms with E-state index in [1.54, 1.807) is 7.11 Å². The van der Waals surface area contributed by atoms with E-state index in [1.165, 1.54) is 0 Å². The van der Waals surface area contributed by atoms with E-state index in [0.717, 1.165) is 49.1 Å². The number of carbonyl (C=O) groups excluding carboxylic acids is 1. The van der Waals surface area contributed by atoms with Gasteiger partial charge in [-0.05, 0) is 61.9 Å². The first-order valence-corrected chi connectivity index (χ1v) is 11.2. The number of morpholine rings is 1. The van der Waals surface area contributed by atoms with Crippen LogP contribution in [0.5, 0.6) is 17.4 Å². The minimum atomic E-state index is -0.112. The summed E-state index contributed by atoms with van der Waals surface area (Å²) in [6.07, 6.45) is 1.90. The molecular weight excluding hydrogens is 422 g/mol. The molecule has 33 heavy (non-hydrogen) atoms. The molecule has 2 aliphatic rings. The van der Waals surface area contributed by atoms with Crippen LogP contribution in [0.15, 0.2) is 42.5 Å². The standard InChI is InChI=1S/C24H27N5O4/c1-31-23-19-15-18(8-9-20(19)27-24(28-23)29-11-13-32-14-12-29)33-17-6-4-16(5-7-17)26-22(30)21-3-2-10-25-21/h4-9,15,21,25H,2-3,10-14H2,1H3,(H,26,30)/t21-/m0/s1. The van der Waals surface area contributed by atoms with Gasteiger partial charge in [0.15, 0.2) is 0 Å². The number of carbonyl (C=O) groups is 1. The maximum atomic E-state index is 12.3. The van der Waals surface area contributed by atoms with Gasteiger partial charge in [0.1, 0.15) is 11.5 Å². The Bertz CT molecular complexity index is 1130. The summed E-state index contributed by atoms with van der Waals surface area (Å²) < 4.78 is 17.0. The highest BCUT2D eigenvalue weighted by Crippen LogP contribution is 2.31. The largest absolute Gasteiger partial charge is 0.480 e. The minimum absolute atomic E-state index is 0.000703. The average molecular weight is 450 g/mol. The zero-order valence-corrected chi connectivity index (χ0v) is 18.5. The Morgan fingerprint density at radius 1 is 1.12 bits per heavy atom. The second kappa shape index (κ2) is 9.60. The summed E-state index contributed by atoms with van der Waals surface area (Å²) in [6.45, 7) is 3.72. The van der Waals surface area contributed by atoms with Crippen molar-refractivity contribution >= 4 is 28.4 Å². The van der Waals surface area contributed by atoms with Crippen LogP contribution in [0.1, 0.15) is 12.8 Å². The van der Waals surface area contributed by atoms with Gasteiger partial charge in [-0.3, -0.25) is 4.79 Å². The SMILES string of the molecule is COc1nc(N2CCOCC2)nc2ccc(Oc3ccc(NC(=O)[C@@H]4CCCN4)cc3)cc12. The number of amides is 1. The lowest BCUT2D eigenvalue weighted by atomic mass is 10.2. The molecular formula is C24H27N5O4. The normalized spacial score (nSPS) is 18.3. The summed E-state index contributed by atoms with van der Waals surface area (Å²) >= 11 is 0. The van der Waals surface area contributed by atoms with Crippen LogP contribution in [-0.2, 0) is 9.53 Å². The molecule has 0 bridgehead atoms. The molecule has 2 N–H and O–H groups in total. The number of ether oxygens (including phenoxy) is 3. The van der Waals surface area contributed by atoms with Gasteiger partial charge >= 0.3 is 0 Å². The van der Waals surface area contributed by atoms with Crippen LogP contribution in [0, 0.1) is 0 Å². The van der Waals surface area contributed by atoms with Gasteiger partial charge in [-0.25, -0.2) is 4.98 Å². The zero-order valence-electron chi connectivity index (χ0n) is 18.5. The molecule has 1 amide bonds. The highest BCUT2D eigenvalue weighted by atomic mass is 16.5. The molecule has 3 heterocycles. The average Bonchev–Trinajstić information content (AvgIpc) is 3.40. The molecule has 0 saturated carbocycles. The number of fused-ring (bicyclic) bond motifs is 1. The molecule has 9 heteroatoms. The quantitative estimate of drug-likeness (QED) is 0.593. The molecule has 0 spiro atoms. The lowest BCUT2D eigenvalue weighted by Gasteiger charge is -2.27. The minimum Gasteiger partial charge on any atom is -0.480 e. The molecule has 172 valence electrons. The Morgan fingerprint density at radius 2 is 1.91 bits per heavy atom. The number of anilines is 2. The maximum absolute atomic E-state index is 12.3. The Hall–Kier alpha value is -3.43. The van der Waals surface area contributed by atoms with Crippen LogP contribution in [0.4, 0.5) is 11.6 Å². The summed E-state index contributed by atoms with van der Waals surface area (Å²) in [4.78, 5) is 23.7. The number of rotatable bonds is 6. The summed E-state index contributed by atoms with van der Waals surface area (Å²) in [5, 5.41) is 6.92. The van der Waals surface area contributed by atoms with Gasteiger partial charge in [0, 0.05) is 18.8 Å².